The lowest BCUT2D eigenvalue weighted by Gasteiger charge is -2.35. The van der Waals surface area contributed by atoms with Gasteiger partial charge in [-0.05, 0) is 44.5 Å². The molecule has 4 heteroatoms. The second kappa shape index (κ2) is 5.59. The molecular weight excluding hydrogens is 314 g/mol. The fourth-order valence-corrected chi connectivity index (χ4v) is 3.81. The quantitative estimate of drug-likeness (QED) is 0.851. The minimum Gasteiger partial charge on any atom is -0.493 e. The van der Waals surface area contributed by atoms with Crippen LogP contribution >= 0.6 is 0 Å². The van der Waals surface area contributed by atoms with E-state index in [1.54, 1.807) is 11.8 Å². The van der Waals surface area contributed by atoms with Gasteiger partial charge >= 0.3 is 0 Å². The van der Waals surface area contributed by atoms with Crippen LogP contribution < -0.4 is 4.90 Å². The number of hydrogen-bond acceptors (Lipinski definition) is 3. The van der Waals surface area contributed by atoms with E-state index in [4.69, 9.17) is 4.74 Å². The summed E-state index contributed by atoms with van der Waals surface area (Å²) in [5.74, 6) is 0.453. The molecular formula is C21H19NO3. The Morgan fingerprint density at radius 2 is 1.92 bits per heavy atom. The van der Waals surface area contributed by atoms with Crippen LogP contribution in [0.2, 0.25) is 0 Å². The maximum absolute atomic E-state index is 13.1. The molecule has 1 unspecified atom stereocenters. The van der Waals surface area contributed by atoms with Gasteiger partial charge in [0.05, 0.1) is 23.9 Å². The van der Waals surface area contributed by atoms with Gasteiger partial charge in [0.15, 0.2) is 5.78 Å². The van der Waals surface area contributed by atoms with Crippen LogP contribution in [-0.4, -0.2) is 18.3 Å². The van der Waals surface area contributed by atoms with Crippen LogP contribution in [0.5, 0.6) is 0 Å². The molecule has 126 valence electrons. The summed E-state index contributed by atoms with van der Waals surface area (Å²) in [6, 6.07) is 13.0. The van der Waals surface area contributed by atoms with Gasteiger partial charge in [-0.3, -0.25) is 14.5 Å². The number of ether oxygens (including phenoxy) is 1. The number of fused-ring (bicyclic) bond motifs is 5. The van der Waals surface area contributed by atoms with E-state index in [1.807, 2.05) is 56.3 Å². The van der Waals surface area contributed by atoms with Gasteiger partial charge in [0, 0.05) is 11.1 Å². The van der Waals surface area contributed by atoms with Crippen molar-refractivity contribution in [2.24, 2.45) is 0 Å². The summed E-state index contributed by atoms with van der Waals surface area (Å²) in [6.45, 7) is 5.89. The Balaban J connectivity index is 2.08. The minimum absolute atomic E-state index is 0.0694. The van der Waals surface area contributed by atoms with Gasteiger partial charge in [0.2, 0.25) is 0 Å². The van der Waals surface area contributed by atoms with Crippen molar-refractivity contribution in [2.45, 2.75) is 26.8 Å². The first kappa shape index (κ1) is 15.6. The molecule has 25 heavy (non-hydrogen) atoms. The highest BCUT2D eigenvalue weighted by Gasteiger charge is 2.46. The van der Waals surface area contributed by atoms with Crippen molar-refractivity contribution in [1.29, 1.82) is 0 Å². The summed E-state index contributed by atoms with van der Waals surface area (Å²) >= 11 is 0. The van der Waals surface area contributed by atoms with Crippen molar-refractivity contribution in [3.05, 3.63) is 70.3 Å². The summed E-state index contributed by atoms with van der Waals surface area (Å²) in [5.41, 5.74) is 4.73. The molecule has 0 aliphatic carbocycles. The zero-order valence-electron chi connectivity index (χ0n) is 14.5. The van der Waals surface area contributed by atoms with Crippen molar-refractivity contribution in [3.63, 3.8) is 0 Å². The molecule has 0 radical (unpaired) electrons. The molecule has 0 bridgehead atoms. The molecule has 1 atom stereocenters. The van der Waals surface area contributed by atoms with Crippen LogP contribution in [0, 0.1) is 6.92 Å². The van der Waals surface area contributed by atoms with Gasteiger partial charge in [-0.1, -0.05) is 29.8 Å². The number of hydrogen-bond donors (Lipinski definition) is 0. The maximum atomic E-state index is 13.1. The smallest absolute Gasteiger partial charge is 0.259 e. The Bertz CT molecular complexity index is 942. The van der Waals surface area contributed by atoms with E-state index in [9.17, 15) is 9.59 Å². The van der Waals surface area contributed by atoms with E-state index in [0.717, 1.165) is 22.4 Å². The number of ketones is 1. The zero-order chi connectivity index (χ0) is 17.7. The molecule has 0 saturated heterocycles. The molecule has 4 rings (SSSR count). The van der Waals surface area contributed by atoms with Crippen LogP contribution in [0.15, 0.2) is 48.0 Å². The normalized spacial score (nSPS) is 18.0. The monoisotopic (exact) mass is 333 g/mol. The number of carbonyl (C=O) groups excluding carboxylic acids is 2. The Morgan fingerprint density at radius 3 is 2.64 bits per heavy atom. The van der Waals surface area contributed by atoms with Gasteiger partial charge in [-0.25, -0.2) is 0 Å². The minimum atomic E-state index is -0.419. The van der Waals surface area contributed by atoms with Crippen molar-refractivity contribution >= 4 is 23.1 Å². The van der Waals surface area contributed by atoms with E-state index in [-0.39, 0.29) is 11.7 Å². The van der Waals surface area contributed by atoms with Crippen molar-refractivity contribution < 1.29 is 14.3 Å². The molecule has 0 aromatic heterocycles. The Morgan fingerprint density at radius 1 is 1.16 bits per heavy atom. The average molecular weight is 333 g/mol. The van der Waals surface area contributed by atoms with Gasteiger partial charge in [-0.2, -0.15) is 0 Å². The molecule has 1 amide bonds. The Kier molecular flexibility index (Phi) is 3.49. The molecule has 2 heterocycles. The standard InChI is InChI=1S/C21H19NO3/c1-4-25-20-16-11-12(2)9-10-17(16)22-19(18(20)13(3)23)14-7-5-6-8-15(14)21(22)24/h5-11,19H,4H2,1-3H3. The Labute approximate surface area is 146 Å². The zero-order valence-corrected chi connectivity index (χ0v) is 14.5. The number of benzene rings is 2. The van der Waals surface area contributed by atoms with Gasteiger partial charge in [0.25, 0.3) is 5.91 Å². The number of Topliss-reactive ketones (excluding diaryl/α,β-unsaturated/α-hetero) is 1. The topological polar surface area (TPSA) is 46.6 Å². The fourth-order valence-electron chi connectivity index (χ4n) is 3.81. The number of amides is 1. The third-order valence-corrected chi connectivity index (χ3v) is 4.81. The van der Waals surface area contributed by atoms with Crippen molar-refractivity contribution in [2.75, 3.05) is 11.5 Å². The van der Waals surface area contributed by atoms with Crippen LogP contribution in [0.1, 0.15) is 46.9 Å². The summed E-state index contributed by atoms with van der Waals surface area (Å²) < 4.78 is 5.92. The van der Waals surface area contributed by atoms with E-state index in [1.165, 1.54) is 0 Å². The molecule has 0 saturated carbocycles. The molecule has 2 aromatic rings. The number of rotatable bonds is 3. The molecule has 2 aliphatic heterocycles. The number of anilines is 1. The third kappa shape index (κ3) is 2.14. The SMILES string of the molecule is CCOC1=C(C(C)=O)C2c3ccccc3C(=O)N2c2ccc(C)cc21. The van der Waals surface area contributed by atoms with E-state index in [2.05, 4.69) is 0 Å². The first-order valence-corrected chi connectivity index (χ1v) is 8.46. The number of aryl methyl sites for hydroxylation is 1. The highest BCUT2D eigenvalue weighted by atomic mass is 16.5. The first-order valence-electron chi connectivity index (χ1n) is 8.46. The second-order valence-electron chi connectivity index (χ2n) is 6.42. The largest absolute Gasteiger partial charge is 0.493 e. The lowest BCUT2D eigenvalue weighted by atomic mass is 9.88. The molecule has 2 aliphatic rings. The van der Waals surface area contributed by atoms with Gasteiger partial charge < -0.3 is 4.74 Å². The summed E-state index contributed by atoms with van der Waals surface area (Å²) in [5, 5.41) is 0. The Hall–Kier alpha value is -2.88. The second-order valence-corrected chi connectivity index (χ2v) is 6.42. The molecule has 4 nitrogen and oxygen atoms in total. The maximum Gasteiger partial charge on any atom is 0.259 e. The lowest BCUT2D eigenvalue weighted by molar-refractivity contribution is -0.113. The molecule has 0 fully saturated rings. The number of carbonyl (C=O) groups is 2. The van der Waals surface area contributed by atoms with Crippen LogP contribution in [0.25, 0.3) is 5.76 Å². The van der Waals surface area contributed by atoms with Crippen LogP contribution in [0.4, 0.5) is 5.69 Å². The number of nitrogens with zero attached hydrogens (tertiary/aromatic N) is 1. The first-order chi connectivity index (χ1) is 12.0. The molecule has 0 spiro atoms. The van der Waals surface area contributed by atoms with E-state index >= 15 is 0 Å². The third-order valence-electron chi connectivity index (χ3n) is 4.81. The molecule has 0 N–H and O–H groups in total. The van der Waals surface area contributed by atoms with Crippen LogP contribution in [-0.2, 0) is 9.53 Å². The summed E-state index contributed by atoms with van der Waals surface area (Å²) in [6.07, 6.45) is 0. The summed E-state index contributed by atoms with van der Waals surface area (Å²) in [4.78, 5) is 27.4. The van der Waals surface area contributed by atoms with Crippen molar-refractivity contribution in [1.82, 2.24) is 0 Å². The predicted octanol–water partition coefficient (Wildman–Crippen LogP) is 4.05. The predicted molar refractivity (Wildman–Crippen MR) is 96.4 cm³/mol. The van der Waals surface area contributed by atoms with E-state index < -0.39 is 6.04 Å². The van der Waals surface area contributed by atoms with E-state index in [0.29, 0.717) is 23.5 Å². The molecule has 2 aromatic carbocycles. The summed E-state index contributed by atoms with van der Waals surface area (Å²) in [7, 11) is 0. The van der Waals surface area contributed by atoms with Crippen molar-refractivity contribution in [3.8, 4) is 0 Å². The average Bonchev–Trinajstić information content (AvgIpc) is 2.88. The van der Waals surface area contributed by atoms with Crippen LogP contribution in [0.3, 0.4) is 0 Å². The lowest BCUT2D eigenvalue weighted by Crippen LogP contribution is -2.35. The highest BCUT2D eigenvalue weighted by Crippen LogP contribution is 2.50. The fraction of sp³-hybridized carbons (Fsp3) is 0.238. The highest BCUT2D eigenvalue weighted by molar-refractivity contribution is 6.18. The van der Waals surface area contributed by atoms with Gasteiger partial charge in [0.1, 0.15) is 5.76 Å². The van der Waals surface area contributed by atoms with Gasteiger partial charge in [-0.15, -0.1) is 0 Å².